The lowest BCUT2D eigenvalue weighted by Crippen LogP contribution is -2.45. The van der Waals surface area contributed by atoms with Crippen LogP contribution in [0, 0.1) is 41.4 Å². The molecule has 4 aliphatic carbocycles. The third kappa shape index (κ3) is 7.41. The Morgan fingerprint density at radius 1 is 0.686 bits per heavy atom. The average molecular weight is 499 g/mol. The molecule has 0 heterocycles. The zero-order valence-electron chi connectivity index (χ0n) is 22.6. The molecule has 4 heteroatoms. The van der Waals surface area contributed by atoms with Gasteiger partial charge in [0, 0.05) is 6.61 Å². The van der Waals surface area contributed by atoms with Crippen LogP contribution in [0.4, 0.5) is 13.2 Å². The standard InChI is InChI=1S/C31H53F3O/c1-3-4-5-6-25-12-9-22(19-29(25)32)20-35-26-15-13-24(14-16-26)28-18-17-27(30(33)31(28)34)23-10-7-21(2)8-11-23/h21-31H,3-20H2,1-2H3. The summed E-state index contributed by atoms with van der Waals surface area (Å²) in [5.74, 6) is 1.94. The fourth-order valence-corrected chi connectivity index (χ4v) is 8.23. The van der Waals surface area contributed by atoms with Gasteiger partial charge in [-0.15, -0.1) is 0 Å². The van der Waals surface area contributed by atoms with E-state index in [1.54, 1.807) is 0 Å². The quantitative estimate of drug-likeness (QED) is 0.288. The second-order valence-corrected chi connectivity index (χ2v) is 13.1. The van der Waals surface area contributed by atoms with Gasteiger partial charge in [-0.2, -0.15) is 0 Å². The Balaban J connectivity index is 1.14. The van der Waals surface area contributed by atoms with Gasteiger partial charge in [-0.3, -0.25) is 0 Å². The molecule has 0 aromatic heterocycles. The van der Waals surface area contributed by atoms with Crippen LogP contribution in [0.3, 0.4) is 0 Å². The van der Waals surface area contributed by atoms with Gasteiger partial charge in [0.2, 0.25) is 0 Å². The highest BCUT2D eigenvalue weighted by molar-refractivity contribution is 4.95. The summed E-state index contributed by atoms with van der Waals surface area (Å²) in [6, 6.07) is 0. The SMILES string of the molecule is CCCCCC1CCC(COC2CCC(C3CCC(C4CCC(C)CC4)C(F)C3F)CC2)CC1F. The lowest BCUT2D eigenvalue weighted by molar-refractivity contribution is -0.0552. The summed E-state index contributed by atoms with van der Waals surface area (Å²) < 4.78 is 51.5. The van der Waals surface area contributed by atoms with E-state index in [1.807, 2.05) is 0 Å². The molecule has 204 valence electrons. The summed E-state index contributed by atoms with van der Waals surface area (Å²) in [5, 5.41) is 0. The van der Waals surface area contributed by atoms with Crippen molar-refractivity contribution in [1.82, 2.24) is 0 Å². The highest BCUT2D eigenvalue weighted by atomic mass is 19.2. The molecular formula is C31H53F3O. The predicted octanol–water partition coefficient (Wildman–Crippen LogP) is 9.43. The van der Waals surface area contributed by atoms with E-state index < -0.39 is 18.5 Å². The highest BCUT2D eigenvalue weighted by Crippen LogP contribution is 2.48. The van der Waals surface area contributed by atoms with Crippen LogP contribution in [0.2, 0.25) is 0 Å². The van der Waals surface area contributed by atoms with Crippen molar-refractivity contribution in [3.05, 3.63) is 0 Å². The van der Waals surface area contributed by atoms with Crippen molar-refractivity contribution in [2.24, 2.45) is 41.4 Å². The van der Waals surface area contributed by atoms with Crippen molar-refractivity contribution in [3.63, 3.8) is 0 Å². The van der Waals surface area contributed by atoms with Gasteiger partial charge in [-0.1, -0.05) is 46.0 Å². The first-order valence-electron chi connectivity index (χ1n) is 15.5. The van der Waals surface area contributed by atoms with E-state index in [0.29, 0.717) is 30.8 Å². The fraction of sp³-hybridized carbons (Fsp3) is 1.00. The summed E-state index contributed by atoms with van der Waals surface area (Å²) in [6.07, 6.45) is 14.6. The zero-order chi connectivity index (χ0) is 24.8. The normalized spacial score (nSPS) is 45.3. The summed E-state index contributed by atoms with van der Waals surface area (Å²) in [6.45, 7) is 5.17. The molecule has 0 amide bonds. The largest absolute Gasteiger partial charge is 0.378 e. The first-order valence-corrected chi connectivity index (χ1v) is 15.5. The molecule has 4 rings (SSSR count). The molecule has 4 saturated carbocycles. The van der Waals surface area contributed by atoms with E-state index in [2.05, 4.69) is 13.8 Å². The molecule has 35 heavy (non-hydrogen) atoms. The topological polar surface area (TPSA) is 9.23 Å². The maximum atomic E-state index is 15.3. The van der Waals surface area contributed by atoms with Crippen LogP contribution in [-0.4, -0.2) is 31.2 Å². The second-order valence-electron chi connectivity index (χ2n) is 13.1. The van der Waals surface area contributed by atoms with E-state index in [4.69, 9.17) is 4.74 Å². The molecule has 4 fully saturated rings. The van der Waals surface area contributed by atoms with E-state index in [0.717, 1.165) is 83.0 Å². The van der Waals surface area contributed by atoms with Gasteiger partial charge in [0.15, 0.2) is 0 Å². The molecule has 0 N–H and O–H groups in total. The second kappa shape index (κ2) is 13.5. The number of alkyl halides is 3. The van der Waals surface area contributed by atoms with Crippen molar-refractivity contribution in [3.8, 4) is 0 Å². The summed E-state index contributed by atoms with van der Waals surface area (Å²) in [4.78, 5) is 0. The van der Waals surface area contributed by atoms with E-state index in [1.165, 1.54) is 25.7 Å². The Morgan fingerprint density at radius 3 is 1.86 bits per heavy atom. The number of hydrogen-bond donors (Lipinski definition) is 0. The van der Waals surface area contributed by atoms with Gasteiger partial charge >= 0.3 is 0 Å². The molecule has 0 aromatic carbocycles. The molecule has 1 nitrogen and oxygen atoms in total. The van der Waals surface area contributed by atoms with Crippen molar-refractivity contribution >= 4 is 0 Å². The average Bonchev–Trinajstić information content (AvgIpc) is 2.87. The third-order valence-corrected chi connectivity index (χ3v) is 10.7. The fourth-order valence-electron chi connectivity index (χ4n) is 8.23. The molecule has 0 saturated heterocycles. The van der Waals surface area contributed by atoms with E-state index >= 15 is 8.78 Å². The van der Waals surface area contributed by atoms with Gasteiger partial charge in [-0.05, 0) is 118 Å². The Morgan fingerprint density at radius 2 is 1.29 bits per heavy atom. The Hall–Kier alpha value is -0.250. The van der Waals surface area contributed by atoms with Crippen LogP contribution < -0.4 is 0 Å². The number of halogens is 3. The van der Waals surface area contributed by atoms with Crippen LogP contribution >= 0.6 is 0 Å². The molecule has 4 aliphatic rings. The number of ether oxygens (including phenoxy) is 1. The van der Waals surface area contributed by atoms with Gasteiger partial charge in [-0.25, -0.2) is 13.2 Å². The molecule has 7 unspecified atom stereocenters. The third-order valence-electron chi connectivity index (χ3n) is 10.7. The number of rotatable bonds is 9. The summed E-state index contributed by atoms with van der Waals surface area (Å²) >= 11 is 0. The van der Waals surface area contributed by atoms with Gasteiger partial charge in [0.25, 0.3) is 0 Å². The Labute approximate surface area is 213 Å². The predicted molar refractivity (Wildman–Crippen MR) is 139 cm³/mol. The minimum absolute atomic E-state index is 0.0468. The molecule has 7 atom stereocenters. The Bertz CT molecular complexity index is 598. The lowest BCUT2D eigenvalue weighted by Gasteiger charge is -2.44. The highest BCUT2D eigenvalue weighted by Gasteiger charge is 2.46. The van der Waals surface area contributed by atoms with Crippen LogP contribution in [0.5, 0.6) is 0 Å². The van der Waals surface area contributed by atoms with Crippen molar-refractivity contribution in [1.29, 1.82) is 0 Å². The van der Waals surface area contributed by atoms with E-state index in [-0.39, 0.29) is 23.9 Å². The van der Waals surface area contributed by atoms with Crippen LogP contribution in [0.15, 0.2) is 0 Å². The molecule has 0 radical (unpaired) electrons. The maximum Gasteiger partial charge on any atom is 0.134 e. The minimum Gasteiger partial charge on any atom is -0.378 e. The van der Waals surface area contributed by atoms with Gasteiger partial charge < -0.3 is 4.74 Å². The van der Waals surface area contributed by atoms with Crippen LogP contribution in [0.1, 0.15) is 123 Å². The Kier molecular flexibility index (Phi) is 10.7. The van der Waals surface area contributed by atoms with Crippen LogP contribution in [-0.2, 0) is 4.74 Å². The number of hydrogen-bond acceptors (Lipinski definition) is 1. The van der Waals surface area contributed by atoms with Crippen LogP contribution in [0.25, 0.3) is 0 Å². The van der Waals surface area contributed by atoms with Crippen molar-refractivity contribution in [2.45, 2.75) is 148 Å². The van der Waals surface area contributed by atoms with Crippen molar-refractivity contribution < 1.29 is 17.9 Å². The van der Waals surface area contributed by atoms with Gasteiger partial charge in [0.05, 0.1) is 6.10 Å². The van der Waals surface area contributed by atoms with Crippen molar-refractivity contribution in [2.75, 3.05) is 6.61 Å². The molecular weight excluding hydrogens is 445 g/mol. The molecule has 0 spiro atoms. The molecule has 0 aromatic rings. The molecule has 0 aliphatic heterocycles. The summed E-state index contributed by atoms with van der Waals surface area (Å²) in [7, 11) is 0. The van der Waals surface area contributed by atoms with E-state index in [9.17, 15) is 4.39 Å². The molecule has 0 bridgehead atoms. The monoisotopic (exact) mass is 498 g/mol. The maximum absolute atomic E-state index is 15.3. The van der Waals surface area contributed by atoms with Gasteiger partial charge in [0.1, 0.15) is 18.5 Å². The summed E-state index contributed by atoms with van der Waals surface area (Å²) in [5.41, 5.74) is 0. The smallest absolute Gasteiger partial charge is 0.134 e. The lowest BCUT2D eigenvalue weighted by atomic mass is 9.64. The number of unbranched alkanes of at least 4 members (excludes halogenated alkanes) is 2. The first-order chi connectivity index (χ1) is 17.0. The minimum atomic E-state index is -1.27. The first kappa shape index (κ1) is 27.8. The zero-order valence-corrected chi connectivity index (χ0v) is 22.6.